The van der Waals surface area contributed by atoms with Crippen molar-refractivity contribution in [2.24, 2.45) is 17.8 Å². The van der Waals surface area contributed by atoms with Gasteiger partial charge in [-0.3, -0.25) is 39.4 Å². The summed E-state index contributed by atoms with van der Waals surface area (Å²) >= 11 is 0. The van der Waals surface area contributed by atoms with Crippen molar-refractivity contribution >= 4 is 46.1 Å². The van der Waals surface area contributed by atoms with Crippen LogP contribution in [0, 0.1) is 44.9 Å². The van der Waals surface area contributed by atoms with Gasteiger partial charge < -0.3 is 10.0 Å². The van der Waals surface area contributed by atoms with Crippen molar-refractivity contribution in [1.82, 2.24) is 0 Å². The lowest BCUT2D eigenvalue weighted by atomic mass is 9.59. The molecule has 4 unspecified atom stereocenters. The van der Waals surface area contributed by atoms with Crippen LogP contribution >= 0.6 is 0 Å². The summed E-state index contributed by atoms with van der Waals surface area (Å²) in [6.07, 6.45) is 3.23. The van der Waals surface area contributed by atoms with Crippen molar-refractivity contribution in [3.63, 3.8) is 0 Å². The molecule has 2 amide bonds. The van der Waals surface area contributed by atoms with E-state index in [0.29, 0.717) is 22.3 Å². The van der Waals surface area contributed by atoms with E-state index in [0.717, 1.165) is 17.0 Å². The molecule has 2 aromatic carbocycles. The van der Waals surface area contributed by atoms with E-state index >= 15 is 0 Å². The number of nitro groups is 2. The number of anilines is 2. The Morgan fingerprint density at radius 1 is 0.933 bits per heavy atom. The number of hydrogen-bond acceptors (Lipinski definition) is 10. The number of aryl methyl sites for hydroxylation is 1. The Kier molecular flexibility index (Phi) is 6.79. The highest BCUT2D eigenvalue weighted by molar-refractivity contribution is 6.25. The van der Waals surface area contributed by atoms with Gasteiger partial charge in [-0.25, -0.2) is 4.90 Å². The molecule has 1 fully saturated rings. The normalized spacial score (nSPS) is 24.1. The number of phenols is 1. The van der Waals surface area contributed by atoms with Crippen molar-refractivity contribution in [2.75, 3.05) is 23.9 Å². The van der Waals surface area contributed by atoms with Gasteiger partial charge in [0.1, 0.15) is 5.75 Å². The zero-order valence-electron chi connectivity index (χ0n) is 24.8. The Morgan fingerprint density at radius 2 is 1.58 bits per heavy atom. The molecule has 0 radical (unpaired) electrons. The van der Waals surface area contributed by atoms with Crippen LogP contribution in [0.4, 0.5) is 22.7 Å². The molecule has 4 aliphatic rings. The third-order valence-corrected chi connectivity index (χ3v) is 9.27. The average molecular weight is 613 g/mol. The molecule has 0 spiro atoms. The zero-order valence-corrected chi connectivity index (χ0v) is 24.8. The smallest absolute Gasteiger partial charge is 0.301 e. The highest BCUT2D eigenvalue weighted by atomic mass is 16.6. The predicted molar refractivity (Wildman–Crippen MR) is 161 cm³/mol. The topological polar surface area (TPSA) is 181 Å². The van der Waals surface area contributed by atoms with Gasteiger partial charge in [-0.15, -0.1) is 0 Å². The molecule has 0 bridgehead atoms. The van der Waals surface area contributed by atoms with Gasteiger partial charge in [0.25, 0.3) is 0 Å². The largest absolute Gasteiger partial charge is 0.508 e. The minimum atomic E-state index is -0.978. The van der Waals surface area contributed by atoms with Crippen molar-refractivity contribution in [1.29, 1.82) is 0 Å². The Labute approximate surface area is 256 Å². The number of benzene rings is 2. The number of nitro benzene ring substituents is 2. The number of nitrogens with zero attached hydrogens (tertiary/aromatic N) is 4. The number of allylic oxidation sites excluding steroid dienone is 6. The Morgan fingerprint density at radius 3 is 2.16 bits per heavy atom. The fraction of sp³-hybridized carbons (Fsp3) is 0.312. The van der Waals surface area contributed by atoms with Crippen molar-refractivity contribution in [3.8, 4) is 5.75 Å². The SMILES string of the molecule is CC1=CC(=O)C2=C(C1=O)C(c1ccc(O)c(C)c1)C1=CCC3C(=O)N(c4cc([N+](=O)[O-])c(N(C)C)c([N+](=O)[O-])c4)C(=O)C3C1C2. The number of rotatable bonds is 5. The van der Waals surface area contributed by atoms with Crippen molar-refractivity contribution in [3.05, 3.63) is 96.1 Å². The quantitative estimate of drug-likeness (QED) is 0.169. The second-order valence-electron chi connectivity index (χ2n) is 12.0. The van der Waals surface area contributed by atoms with Gasteiger partial charge in [0.05, 0.1) is 27.4 Å². The Balaban J connectivity index is 1.49. The van der Waals surface area contributed by atoms with Crippen molar-refractivity contribution < 1.29 is 34.1 Å². The molecule has 2 aromatic rings. The van der Waals surface area contributed by atoms with Gasteiger partial charge in [0.15, 0.2) is 17.3 Å². The summed E-state index contributed by atoms with van der Waals surface area (Å²) in [7, 11) is 2.82. The number of hydrogen-bond donors (Lipinski definition) is 1. The molecule has 45 heavy (non-hydrogen) atoms. The highest BCUT2D eigenvalue weighted by Crippen LogP contribution is 2.56. The Hall–Kier alpha value is -5.46. The number of fused-ring (bicyclic) bond motifs is 3. The number of carbonyl (C=O) groups is 4. The van der Waals surface area contributed by atoms with Crippen LogP contribution in [0.1, 0.15) is 36.8 Å². The number of Topliss-reactive ketones (excluding diaryl/α,β-unsaturated/α-hetero) is 1. The predicted octanol–water partition coefficient (Wildman–Crippen LogP) is 4.22. The van der Waals surface area contributed by atoms with E-state index in [2.05, 4.69) is 0 Å². The monoisotopic (exact) mass is 612 g/mol. The van der Waals surface area contributed by atoms with Gasteiger partial charge in [-0.2, -0.15) is 0 Å². The molecule has 3 aliphatic carbocycles. The summed E-state index contributed by atoms with van der Waals surface area (Å²) in [5.41, 5.74) is 0.899. The number of phenolic OH excluding ortho intramolecular Hbond substituents is 1. The number of ketones is 2. The molecule has 1 aliphatic heterocycles. The van der Waals surface area contributed by atoms with E-state index in [1.54, 1.807) is 26.0 Å². The fourth-order valence-corrected chi connectivity index (χ4v) is 7.31. The van der Waals surface area contributed by atoms with E-state index < -0.39 is 56.7 Å². The molecule has 13 nitrogen and oxygen atoms in total. The van der Waals surface area contributed by atoms with Gasteiger partial charge in [-0.1, -0.05) is 23.8 Å². The summed E-state index contributed by atoms with van der Waals surface area (Å²) in [6, 6.07) is 6.87. The summed E-state index contributed by atoms with van der Waals surface area (Å²) in [5.74, 6) is -5.18. The summed E-state index contributed by atoms with van der Waals surface area (Å²) in [5, 5.41) is 34.1. The van der Waals surface area contributed by atoms with E-state index in [1.807, 2.05) is 6.08 Å². The molecule has 0 saturated carbocycles. The average Bonchev–Trinajstić information content (AvgIpc) is 3.24. The second-order valence-corrected chi connectivity index (χ2v) is 12.0. The first-order valence-corrected chi connectivity index (χ1v) is 14.2. The third kappa shape index (κ3) is 4.37. The highest BCUT2D eigenvalue weighted by Gasteiger charge is 2.57. The molecule has 1 heterocycles. The van der Waals surface area contributed by atoms with Crippen LogP contribution in [-0.4, -0.2) is 52.4 Å². The number of imide groups is 1. The van der Waals surface area contributed by atoms with E-state index in [4.69, 9.17) is 0 Å². The van der Waals surface area contributed by atoms with Crippen LogP contribution in [0.2, 0.25) is 0 Å². The van der Waals surface area contributed by atoms with Gasteiger partial charge >= 0.3 is 11.4 Å². The van der Waals surface area contributed by atoms with Gasteiger partial charge in [-0.05, 0) is 55.9 Å². The van der Waals surface area contributed by atoms with Crippen LogP contribution < -0.4 is 9.80 Å². The molecule has 1 saturated heterocycles. The molecule has 13 heteroatoms. The van der Waals surface area contributed by atoms with Crippen LogP contribution in [0.5, 0.6) is 5.75 Å². The van der Waals surface area contributed by atoms with Crippen LogP contribution in [-0.2, 0) is 19.2 Å². The summed E-state index contributed by atoms with van der Waals surface area (Å²) in [4.78, 5) is 79.3. The lowest BCUT2D eigenvalue weighted by molar-refractivity contribution is -0.392. The molecule has 1 N–H and O–H groups in total. The first-order chi connectivity index (χ1) is 21.2. The van der Waals surface area contributed by atoms with Crippen molar-refractivity contribution in [2.45, 2.75) is 32.6 Å². The fourth-order valence-electron chi connectivity index (χ4n) is 7.31. The number of amides is 2. The van der Waals surface area contributed by atoms with Crippen LogP contribution in [0.3, 0.4) is 0 Å². The first kappa shape index (κ1) is 29.6. The Bertz CT molecular complexity index is 1850. The summed E-state index contributed by atoms with van der Waals surface area (Å²) in [6.45, 7) is 3.27. The maximum Gasteiger partial charge on any atom is 0.301 e. The zero-order chi connectivity index (χ0) is 32.6. The minimum Gasteiger partial charge on any atom is -0.508 e. The lowest BCUT2D eigenvalue weighted by Crippen LogP contribution is -2.39. The first-order valence-electron chi connectivity index (χ1n) is 14.2. The van der Waals surface area contributed by atoms with E-state index in [1.165, 1.54) is 31.1 Å². The minimum absolute atomic E-state index is 0.0248. The van der Waals surface area contributed by atoms with Crippen LogP contribution in [0.25, 0.3) is 0 Å². The van der Waals surface area contributed by atoms with Gasteiger partial charge in [0, 0.05) is 48.9 Å². The second kappa shape index (κ2) is 10.3. The van der Waals surface area contributed by atoms with E-state index in [-0.39, 0.29) is 52.7 Å². The number of aromatic hydroxyl groups is 1. The molecular weight excluding hydrogens is 584 g/mol. The lowest BCUT2D eigenvalue weighted by Gasteiger charge is -2.42. The maximum atomic E-state index is 14.2. The summed E-state index contributed by atoms with van der Waals surface area (Å²) < 4.78 is 0. The third-order valence-electron chi connectivity index (χ3n) is 9.27. The standard InChI is InChI=1S/C32H28N4O9/c1-14-9-16(5-8-24(14)37)26-18-6-7-19-27(20(18)13-21-25(38)10-15(2)30(39)28(21)26)32(41)34(31(19)40)17-11-22(35(42)43)29(33(3)4)23(12-17)36(44)45/h5-6,8-12,19-20,26-27,37H,7,13H2,1-4H3. The molecule has 6 rings (SSSR count). The molecular formula is C32H28N4O9. The molecule has 0 aromatic heterocycles. The van der Waals surface area contributed by atoms with Crippen LogP contribution in [0.15, 0.2) is 64.8 Å². The molecule has 4 atom stereocenters. The molecule has 230 valence electrons. The van der Waals surface area contributed by atoms with Gasteiger partial charge in [0.2, 0.25) is 11.8 Å². The van der Waals surface area contributed by atoms with E-state index in [9.17, 15) is 44.5 Å². The number of carbonyl (C=O) groups excluding carboxylic acids is 4. The maximum absolute atomic E-state index is 14.2.